The number of thiophene rings is 1. The molecule has 25 heavy (non-hydrogen) atoms. The minimum atomic E-state index is -0.502. The quantitative estimate of drug-likeness (QED) is 0.328. The molecule has 2 aromatic heterocycles. The van der Waals surface area contributed by atoms with Crippen LogP contribution in [0.25, 0.3) is 11.3 Å². The van der Waals surface area contributed by atoms with E-state index in [0.29, 0.717) is 21.3 Å². The summed E-state index contributed by atoms with van der Waals surface area (Å²) in [5.74, 6) is -0.149. The molecule has 8 heteroatoms. The summed E-state index contributed by atoms with van der Waals surface area (Å²) in [7, 11) is 0. The number of hydrogen-bond donors (Lipinski definition) is 1. The lowest BCUT2D eigenvalue weighted by atomic mass is 10.1. The van der Waals surface area contributed by atoms with Gasteiger partial charge in [-0.2, -0.15) is 5.26 Å². The molecule has 0 bridgehead atoms. The number of nitrogens with one attached hydrogen (secondary N) is 1. The first-order valence-electron chi connectivity index (χ1n) is 7.07. The van der Waals surface area contributed by atoms with Crippen LogP contribution in [0.2, 0.25) is 0 Å². The average molecular weight is 369 g/mol. The van der Waals surface area contributed by atoms with Crippen molar-refractivity contribution >= 4 is 29.1 Å². The Bertz CT molecular complexity index is 1020. The van der Waals surface area contributed by atoms with Crippen LogP contribution in [-0.2, 0) is 0 Å². The smallest absolute Gasteiger partial charge is 0.353 e. The van der Waals surface area contributed by atoms with Crippen LogP contribution in [0.1, 0.15) is 15.2 Å². The van der Waals surface area contributed by atoms with Crippen molar-refractivity contribution in [2.45, 2.75) is 5.16 Å². The second kappa shape index (κ2) is 7.34. The van der Waals surface area contributed by atoms with E-state index >= 15 is 0 Å². The molecule has 1 N–H and O–H groups in total. The number of benzene rings is 1. The first-order chi connectivity index (χ1) is 12.1. The maximum absolute atomic E-state index is 12.1. The fourth-order valence-electron chi connectivity index (χ4n) is 2.12. The van der Waals surface area contributed by atoms with Gasteiger partial charge in [0.1, 0.15) is 22.3 Å². The lowest BCUT2D eigenvalue weighted by molar-refractivity contribution is 0.0740. The maximum Gasteiger partial charge on any atom is 0.353 e. The van der Waals surface area contributed by atoms with Gasteiger partial charge >= 0.3 is 5.97 Å². The van der Waals surface area contributed by atoms with E-state index in [1.807, 2.05) is 6.07 Å². The molecule has 0 aliphatic rings. The molecule has 0 aliphatic carbocycles. The van der Waals surface area contributed by atoms with E-state index in [1.165, 1.54) is 23.1 Å². The van der Waals surface area contributed by atoms with Crippen LogP contribution in [0, 0.1) is 11.3 Å². The van der Waals surface area contributed by atoms with E-state index in [4.69, 9.17) is 4.74 Å². The summed E-state index contributed by atoms with van der Waals surface area (Å²) in [5.41, 5.74) is 0.191. The van der Waals surface area contributed by atoms with Crippen LogP contribution in [0.15, 0.2) is 51.7 Å². The fraction of sp³-hybridized carbons (Fsp3) is 0.0588. The Kier molecular flexibility index (Phi) is 4.97. The van der Waals surface area contributed by atoms with E-state index in [-0.39, 0.29) is 11.3 Å². The van der Waals surface area contributed by atoms with Crippen LogP contribution < -0.4 is 10.3 Å². The van der Waals surface area contributed by atoms with E-state index < -0.39 is 11.5 Å². The largest absolute Gasteiger partial charge is 0.422 e. The van der Waals surface area contributed by atoms with Crippen molar-refractivity contribution in [3.05, 3.63) is 62.6 Å². The molecule has 2 heterocycles. The Labute approximate surface area is 151 Å². The summed E-state index contributed by atoms with van der Waals surface area (Å²) in [4.78, 5) is 31.4. The summed E-state index contributed by atoms with van der Waals surface area (Å²) in [5, 5.41) is 11.5. The highest BCUT2D eigenvalue weighted by Crippen LogP contribution is 2.26. The van der Waals surface area contributed by atoms with E-state index in [0.717, 1.165) is 0 Å². The summed E-state index contributed by atoms with van der Waals surface area (Å²) in [6, 6.07) is 11.9. The van der Waals surface area contributed by atoms with Crippen molar-refractivity contribution in [3.63, 3.8) is 0 Å². The van der Waals surface area contributed by atoms with Gasteiger partial charge < -0.3 is 9.72 Å². The van der Waals surface area contributed by atoms with Crippen molar-refractivity contribution in [3.8, 4) is 23.1 Å². The zero-order valence-corrected chi connectivity index (χ0v) is 14.6. The SMILES string of the molecule is CSc1nc(-c2cccc(OC(=O)c3cccs3)c2)c(C#N)c(=O)[nH]1. The lowest BCUT2D eigenvalue weighted by Gasteiger charge is -2.07. The number of ether oxygens (including phenoxy) is 1. The molecule has 3 aromatic rings. The van der Waals surface area contributed by atoms with E-state index in [1.54, 1.807) is 48.0 Å². The Hall–Kier alpha value is -2.89. The number of carbonyl (C=O) groups excluding carboxylic acids is 1. The highest BCUT2D eigenvalue weighted by molar-refractivity contribution is 7.98. The van der Waals surface area contributed by atoms with Crippen molar-refractivity contribution < 1.29 is 9.53 Å². The summed E-state index contributed by atoms with van der Waals surface area (Å²) in [6.45, 7) is 0. The van der Waals surface area contributed by atoms with Gasteiger partial charge in [-0.05, 0) is 29.8 Å². The van der Waals surface area contributed by atoms with Crippen LogP contribution in [0.5, 0.6) is 5.75 Å². The second-order valence-electron chi connectivity index (χ2n) is 4.81. The normalized spacial score (nSPS) is 10.2. The molecule has 0 amide bonds. The van der Waals surface area contributed by atoms with Crippen LogP contribution in [0.4, 0.5) is 0 Å². The predicted molar refractivity (Wildman–Crippen MR) is 96.1 cm³/mol. The highest BCUT2D eigenvalue weighted by Gasteiger charge is 2.15. The monoisotopic (exact) mass is 369 g/mol. The molecule has 124 valence electrons. The topological polar surface area (TPSA) is 95.8 Å². The van der Waals surface area contributed by atoms with E-state index in [2.05, 4.69) is 9.97 Å². The number of nitriles is 1. The molecule has 0 spiro atoms. The molecule has 0 atom stereocenters. The number of thioether (sulfide) groups is 1. The van der Waals surface area contributed by atoms with E-state index in [9.17, 15) is 14.9 Å². The van der Waals surface area contributed by atoms with Gasteiger partial charge in [-0.1, -0.05) is 30.0 Å². The molecule has 0 radical (unpaired) electrons. The number of aromatic nitrogens is 2. The molecule has 0 saturated carbocycles. The standard InChI is InChI=1S/C17H11N3O3S2/c1-24-17-19-14(12(9-18)15(21)20-17)10-4-2-5-11(8-10)23-16(22)13-6-3-7-25-13/h2-8H,1H3,(H,19,20,21). The molecule has 0 unspecified atom stereocenters. The summed E-state index contributed by atoms with van der Waals surface area (Å²) < 4.78 is 5.35. The Morgan fingerprint density at radius 3 is 2.88 bits per heavy atom. The average Bonchev–Trinajstić information content (AvgIpc) is 3.16. The van der Waals surface area contributed by atoms with Crippen LogP contribution in [-0.4, -0.2) is 22.2 Å². The molecule has 0 saturated heterocycles. The summed E-state index contributed by atoms with van der Waals surface area (Å²) >= 11 is 2.55. The number of aromatic amines is 1. The Balaban J connectivity index is 2.00. The zero-order valence-electron chi connectivity index (χ0n) is 13.0. The van der Waals surface area contributed by atoms with Crippen molar-refractivity contribution in [2.75, 3.05) is 6.26 Å². The number of hydrogen-bond acceptors (Lipinski definition) is 7. The summed E-state index contributed by atoms with van der Waals surface area (Å²) in [6.07, 6.45) is 1.77. The molecular weight excluding hydrogens is 358 g/mol. The molecular formula is C17H11N3O3S2. The first kappa shape index (κ1) is 17.0. The number of H-pyrrole nitrogens is 1. The van der Waals surface area contributed by atoms with Gasteiger partial charge in [0.2, 0.25) is 0 Å². The number of nitrogens with zero attached hydrogens (tertiary/aromatic N) is 2. The predicted octanol–water partition coefficient (Wildman–Crippen LogP) is 3.31. The third-order valence-corrected chi connectivity index (χ3v) is 4.67. The molecule has 0 fully saturated rings. The van der Waals surface area contributed by atoms with Crippen molar-refractivity contribution in [1.82, 2.24) is 9.97 Å². The molecule has 3 rings (SSSR count). The Morgan fingerprint density at radius 1 is 1.36 bits per heavy atom. The van der Waals surface area contributed by atoms with Crippen molar-refractivity contribution in [1.29, 1.82) is 5.26 Å². The van der Waals surface area contributed by atoms with Crippen LogP contribution >= 0.6 is 23.1 Å². The van der Waals surface area contributed by atoms with Gasteiger partial charge in [-0.15, -0.1) is 11.3 Å². The Morgan fingerprint density at radius 2 is 2.20 bits per heavy atom. The van der Waals surface area contributed by atoms with Gasteiger partial charge in [0.15, 0.2) is 5.16 Å². The minimum Gasteiger partial charge on any atom is -0.422 e. The van der Waals surface area contributed by atoms with Gasteiger partial charge in [0.05, 0.1) is 5.69 Å². The first-order valence-corrected chi connectivity index (χ1v) is 9.17. The second-order valence-corrected chi connectivity index (χ2v) is 6.55. The fourth-order valence-corrected chi connectivity index (χ4v) is 3.10. The van der Waals surface area contributed by atoms with Crippen molar-refractivity contribution in [2.24, 2.45) is 0 Å². The van der Waals surface area contributed by atoms with Gasteiger partial charge in [-0.25, -0.2) is 9.78 Å². The highest BCUT2D eigenvalue weighted by atomic mass is 32.2. The third-order valence-electron chi connectivity index (χ3n) is 3.24. The zero-order chi connectivity index (χ0) is 17.8. The lowest BCUT2D eigenvalue weighted by Crippen LogP contribution is -2.14. The molecule has 6 nitrogen and oxygen atoms in total. The minimum absolute atomic E-state index is 0.0838. The van der Waals surface area contributed by atoms with Gasteiger partial charge in [-0.3, -0.25) is 4.79 Å². The molecule has 0 aliphatic heterocycles. The number of esters is 1. The van der Waals surface area contributed by atoms with Crippen LogP contribution in [0.3, 0.4) is 0 Å². The molecule has 1 aromatic carbocycles. The van der Waals surface area contributed by atoms with Gasteiger partial charge in [0.25, 0.3) is 5.56 Å². The third kappa shape index (κ3) is 3.63. The van der Waals surface area contributed by atoms with Gasteiger partial charge in [0, 0.05) is 5.56 Å². The maximum atomic E-state index is 12.1. The number of carbonyl (C=O) groups is 1. The number of rotatable bonds is 4.